The van der Waals surface area contributed by atoms with E-state index < -0.39 is 0 Å². The molecule has 1 heterocycles. The monoisotopic (exact) mass is 259 g/mol. The van der Waals surface area contributed by atoms with Crippen LogP contribution in [0, 0.1) is 0 Å². The average molecular weight is 259 g/mol. The fourth-order valence-electron chi connectivity index (χ4n) is 1.68. The zero-order valence-electron chi connectivity index (χ0n) is 10.6. The number of fused-ring (bicyclic) bond motifs is 1. The Balaban J connectivity index is 2.35. The summed E-state index contributed by atoms with van der Waals surface area (Å²) < 4.78 is 5.19. The summed E-state index contributed by atoms with van der Waals surface area (Å²) in [5.41, 5.74) is 1.78. The molecule has 0 fully saturated rings. The highest BCUT2D eigenvalue weighted by Gasteiger charge is 2.11. The van der Waals surface area contributed by atoms with Crippen LogP contribution in [0.25, 0.3) is 11.0 Å². The van der Waals surface area contributed by atoms with Gasteiger partial charge in [0.2, 0.25) is 5.91 Å². The zero-order valence-corrected chi connectivity index (χ0v) is 10.6. The molecule has 6 nitrogen and oxygen atoms in total. The van der Waals surface area contributed by atoms with Gasteiger partial charge in [0.05, 0.1) is 30.3 Å². The molecular weight excluding hydrogens is 246 g/mol. The van der Waals surface area contributed by atoms with Gasteiger partial charge in [-0.2, -0.15) is 0 Å². The zero-order chi connectivity index (χ0) is 13.8. The van der Waals surface area contributed by atoms with Crippen molar-refractivity contribution in [3.05, 3.63) is 24.5 Å². The Morgan fingerprint density at radius 2 is 1.84 bits per heavy atom. The first-order valence-electron chi connectivity index (χ1n) is 5.68. The molecule has 0 spiro atoms. The number of amides is 1. The third-order valence-electron chi connectivity index (χ3n) is 2.47. The maximum atomic E-state index is 11.6. The normalized spacial score (nSPS) is 10.2. The van der Waals surface area contributed by atoms with E-state index in [4.69, 9.17) is 4.74 Å². The van der Waals surface area contributed by atoms with Crippen LogP contribution in [-0.2, 0) is 9.59 Å². The van der Waals surface area contributed by atoms with E-state index in [1.807, 2.05) is 0 Å². The number of nitrogens with zero attached hydrogens (tertiary/aromatic N) is 2. The summed E-state index contributed by atoms with van der Waals surface area (Å²) in [6.45, 7) is 1.36. The summed E-state index contributed by atoms with van der Waals surface area (Å²) in [6.07, 6.45) is 2.98. The molecule has 1 amide bonds. The maximum Gasteiger partial charge on any atom is 0.231 e. The van der Waals surface area contributed by atoms with Gasteiger partial charge in [-0.05, 0) is 13.0 Å². The van der Waals surface area contributed by atoms with Crippen molar-refractivity contribution in [1.82, 2.24) is 9.97 Å². The van der Waals surface area contributed by atoms with Crippen molar-refractivity contribution in [3.8, 4) is 5.75 Å². The van der Waals surface area contributed by atoms with E-state index in [0.29, 0.717) is 22.5 Å². The molecule has 6 heteroatoms. The summed E-state index contributed by atoms with van der Waals surface area (Å²) in [5.74, 6) is -0.101. The van der Waals surface area contributed by atoms with Gasteiger partial charge in [-0.25, -0.2) is 0 Å². The highest BCUT2D eigenvalue weighted by Crippen LogP contribution is 2.28. The number of ether oxygens (including phenoxy) is 1. The van der Waals surface area contributed by atoms with Gasteiger partial charge < -0.3 is 10.1 Å². The molecule has 0 aliphatic carbocycles. The van der Waals surface area contributed by atoms with E-state index in [0.717, 1.165) is 0 Å². The fourth-order valence-corrected chi connectivity index (χ4v) is 1.68. The minimum absolute atomic E-state index is 0.165. The molecule has 0 atom stereocenters. The molecule has 0 aliphatic rings. The van der Waals surface area contributed by atoms with E-state index >= 15 is 0 Å². The van der Waals surface area contributed by atoms with Crippen molar-refractivity contribution >= 4 is 28.4 Å². The molecule has 2 rings (SSSR count). The van der Waals surface area contributed by atoms with Crippen LogP contribution in [0.4, 0.5) is 5.69 Å². The molecular formula is C13H13N3O3. The number of nitrogens with one attached hydrogen (secondary N) is 1. The number of benzene rings is 1. The predicted octanol–water partition coefficient (Wildman–Crippen LogP) is 1.56. The van der Waals surface area contributed by atoms with E-state index in [1.54, 1.807) is 24.5 Å². The van der Waals surface area contributed by atoms with Gasteiger partial charge in [0.15, 0.2) is 0 Å². The van der Waals surface area contributed by atoms with Crippen LogP contribution in [0.5, 0.6) is 5.75 Å². The van der Waals surface area contributed by atoms with Gasteiger partial charge in [0.25, 0.3) is 0 Å². The first-order chi connectivity index (χ1) is 9.10. The molecule has 19 heavy (non-hydrogen) atoms. The van der Waals surface area contributed by atoms with Crippen molar-refractivity contribution in [1.29, 1.82) is 0 Å². The Labute approximate surface area is 109 Å². The highest BCUT2D eigenvalue weighted by molar-refractivity contribution is 6.04. The number of hydrogen-bond donors (Lipinski definition) is 1. The van der Waals surface area contributed by atoms with Gasteiger partial charge >= 0.3 is 0 Å². The lowest BCUT2D eigenvalue weighted by Crippen LogP contribution is -2.15. The first kappa shape index (κ1) is 12.9. The van der Waals surface area contributed by atoms with E-state index in [-0.39, 0.29) is 18.1 Å². The van der Waals surface area contributed by atoms with Gasteiger partial charge in [-0.15, -0.1) is 0 Å². The summed E-state index contributed by atoms with van der Waals surface area (Å²) in [7, 11) is 1.50. The number of carbonyl (C=O) groups is 2. The molecule has 98 valence electrons. The van der Waals surface area contributed by atoms with Gasteiger partial charge in [0, 0.05) is 18.5 Å². The molecule has 0 aliphatic heterocycles. The number of hydrogen-bond acceptors (Lipinski definition) is 5. The average Bonchev–Trinajstić information content (AvgIpc) is 2.36. The molecule has 0 unspecified atom stereocenters. The standard InChI is InChI=1S/C13H13N3O3/c1-8(17)5-13(18)16-11-6-9-10(7-12(11)19-2)15-4-3-14-9/h3-4,6-7H,5H2,1-2H3,(H,16,18). The lowest BCUT2D eigenvalue weighted by Gasteiger charge is -2.10. The maximum absolute atomic E-state index is 11.6. The number of rotatable bonds is 4. The topological polar surface area (TPSA) is 81.2 Å². The van der Waals surface area contributed by atoms with Crippen LogP contribution in [0.2, 0.25) is 0 Å². The number of Topliss-reactive ketones (excluding diaryl/α,β-unsaturated/α-hetero) is 1. The summed E-state index contributed by atoms with van der Waals surface area (Å²) in [4.78, 5) is 30.8. The highest BCUT2D eigenvalue weighted by atomic mass is 16.5. The van der Waals surface area contributed by atoms with E-state index in [2.05, 4.69) is 15.3 Å². The van der Waals surface area contributed by atoms with Crippen LogP contribution in [0.3, 0.4) is 0 Å². The largest absolute Gasteiger partial charge is 0.494 e. The van der Waals surface area contributed by atoms with Crippen LogP contribution < -0.4 is 10.1 Å². The third kappa shape index (κ3) is 3.04. The number of carbonyl (C=O) groups excluding carboxylic acids is 2. The minimum atomic E-state index is -0.381. The summed E-state index contributed by atoms with van der Waals surface area (Å²) in [5, 5.41) is 2.63. The molecule has 2 aromatic rings. The molecule has 0 radical (unpaired) electrons. The van der Waals surface area contributed by atoms with Crippen LogP contribution >= 0.6 is 0 Å². The Kier molecular flexibility index (Phi) is 3.70. The van der Waals surface area contributed by atoms with Crippen molar-refractivity contribution in [2.24, 2.45) is 0 Å². The molecule has 0 saturated heterocycles. The van der Waals surface area contributed by atoms with Gasteiger partial charge in [-0.1, -0.05) is 0 Å². The van der Waals surface area contributed by atoms with Crippen molar-refractivity contribution in [3.63, 3.8) is 0 Å². The van der Waals surface area contributed by atoms with Crippen molar-refractivity contribution in [2.45, 2.75) is 13.3 Å². The molecule has 1 N–H and O–H groups in total. The van der Waals surface area contributed by atoms with Crippen molar-refractivity contribution in [2.75, 3.05) is 12.4 Å². The number of ketones is 1. The number of anilines is 1. The van der Waals surface area contributed by atoms with Crippen LogP contribution in [0.15, 0.2) is 24.5 Å². The van der Waals surface area contributed by atoms with E-state index in [9.17, 15) is 9.59 Å². The smallest absolute Gasteiger partial charge is 0.231 e. The van der Waals surface area contributed by atoms with Crippen LogP contribution in [0.1, 0.15) is 13.3 Å². The summed E-state index contributed by atoms with van der Waals surface area (Å²) >= 11 is 0. The lowest BCUT2D eigenvalue weighted by molar-refractivity contribution is -0.124. The predicted molar refractivity (Wildman–Crippen MR) is 70.0 cm³/mol. The third-order valence-corrected chi connectivity index (χ3v) is 2.47. The van der Waals surface area contributed by atoms with Crippen LogP contribution in [-0.4, -0.2) is 28.8 Å². The molecule has 1 aromatic carbocycles. The van der Waals surface area contributed by atoms with E-state index in [1.165, 1.54) is 14.0 Å². The van der Waals surface area contributed by atoms with Gasteiger partial charge in [-0.3, -0.25) is 19.6 Å². The first-order valence-corrected chi connectivity index (χ1v) is 5.68. The number of methoxy groups -OCH3 is 1. The Morgan fingerprint density at radius 3 is 2.42 bits per heavy atom. The Hall–Kier alpha value is -2.50. The second kappa shape index (κ2) is 5.43. The molecule has 1 aromatic heterocycles. The second-order valence-corrected chi connectivity index (χ2v) is 4.02. The molecule has 0 saturated carbocycles. The van der Waals surface area contributed by atoms with Gasteiger partial charge in [0.1, 0.15) is 11.5 Å². The second-order valence-electron chi connectivity index (χ2n) is 4.02. The minimum Gasteiger partial charge on any atom is -0.494 e. The number of aromatic nitrogens is 2. The SMILES string of the molecule is COc1cc2nccnc2cc1NC(=O)CC(C)=O. The quantitative estimate of drug-likeness (QED) is 0.842. The lowest BCUT2D eigenvalue weighted by atomic mass is 10.2. The van der Waals surface area contributed by atoms with Crippen molar-refractivity contribution < 1.29 is 14.3 Å². The molecule has 0 bridgehead atoms. The Bertz CT molecular complexity index is 640. The fraction of sp³-hybridized carbons (Fsp3) is 0.231. The summed E-state index contributed by atoms with van der Waals surface area (Å²) in [6, 6.07) is 3.35. The Morgan fingerprint density at radius 1 is 1.21 bits per heavy atom.